The van der Waals surface area contributed by atoms with E-state index in [0.717, 1.165) is 0 Å². The first-order valence-electron chi connectivity index (χ1n) is 4.46. The van der Waals surface area contributed by atoms with Gasteiger partial charge in [0.1, 0.15) is 0 Å². The molecule has 2 amide bonds. The molecule has 0 heterocycles. The smallest absolute Gasteiger partial charge is 0.311 e. The van der Waals surface area contributed by atoms with Crippen molar-refractivity contribution >= 4 is 11.8 Å². The summed E-state index contributed by atoms with van der Waals surface area (Å²) in [5.74, 6) is -1.29. The molecule has 0 spiro atoms. The van der Waals surface area contributed by atoms with E-state index in [0.29, 0.717) is 6.54 Å². The van der Waals surface area contributed by atoms with Crippen LogP contribution < -0.4 is 5.32 Å². The van der Waals surface area contributed by atoms with E-state index < -0.39 is 11.8 Å². The van der Waals surface area contributed by atoms with Crippen molar-refractivity contribution in [3.63, 3.8) is 0 Å². The third kappa shape index (κ3) is 4.04. The van der Waals surface area contributed by atoms with Crippen LogP contribution in [0.1, 0.15) is 6.92 Å². The van der Waals surface area contributed by atoms with E-state index in [4.69, 9.17) is 5.11 Å². The van der Waals surface area contributed by atoms with Crippen molar-refractivity contribution in [3.05, 3.63) is 12.7 Å². The van der Waals surface area contributed by atoms with Gasteiger partial charge in [0.05, 0.1) is 6.61 Å². The first-order valence-corrected chi connectivity index (χ1v) is 4.46. The van der Waals surface area contributed by atoms with E-state index in [1.165, 1.54) is 11.0 Å². The Morgan fingerprint density at radius 2 is 2.21 bits per heavy atom. The van der Waals surface area contributed by atoms with Gasteiger partial charge in [0, 0.05) is 19.6 Å². The summed E-state index contributed by atoms with van der Waals surface area (Å²) in [6, 6.07) is 0. The van der Waals surface area contributed by atoms with Crippen molar-refractivity contribution in [1.29, 1.82) is 0 Å². The number of nitrogens with zero attached hydrogens (tertiary/aromatic N) is 1. The SMILES string of the molecule is C=CCNC(=O)C(=O)N(CC)CCO. The van der Waals surface area contributed by atoms with Gasteiger partial charge in [0.25, 0.3) is 0 Å². The lowest BCUT2D eigenvalue weighted by Crippen LogP contribution is -2.44. The molecule has 5 nitrogen and oxygen atoms in total. The molecule has 0 atom stereocenters. The number of nitrogens with one attached hydrogen (secondary N) is 1. The van der Waals surface area contributed by atoms with E-state index >= 15 is 0 Å². The van der Waals surface area contributed by atoms with Crippen LogP contribution in [-0.4, -0.2) is 48.1 Å². The number of carbonyl (C=O) groups excluding carboxylic acids is 2. The summed E-state index contributed by atoms with van der Waals surface area (Å²) in [6.45, 7) is 5.86. The Hall–Kier alpha value is -1.36. The molecule has 2 N–H and O–H groups in total. The summed E-state index contributed by atoms with van der Waals surface area (Å²) in [7, 11) is 0. The average molecular weight is 200 g/mol. The summed E-state index contributed by atoms with van der Waals surface area (Å²) in [6.07, 6.45) is 1.49. The Balaban J connectivity index is 4.12. The molecule has 0 saturated carbocycles. The fraction of sp³-hybridized carbons (Fsp3) is 0.556. The van der Waals surface area contributed by atoms with Gasteiger partial charge in [-0.25, -0.2) is 0 Å². The molecule has 0 aliphatic carbocycles. The van der Waals surface area contributed by atoms with Gasteiger partial charge in [-0.2, -0.15) is 0 Å². The molecule has 80 valence electrons. The first-order chi connectivity index (χ1) is 6.67. The molecule has 0 unspecified atom stereocenters. The highest BCUT2D eigenvalue weighted by atomic mass is 16.3. The maximum absolute atomic E-state index is 11.3. The van der Waals surface area contributed by atoms with E-state index in [9.17, 15) is 9.59 Å². The number of likely N-dealkylation sites (N-methyl/N-ethyl adjacent to an activating group) is 1. The van der Waals surface area contributed by atoms with Crippen molar-refractivity contribution in [2.45, 2.75) is 6.92 Å². The van der Waals surface area contributed by atoms with Gasteiger partial charge in [0.15, 0.2) is 0 Å². The van der Waals surface area contributed by atoms with Gasteiger partial charge >= 0.3 is 11.8 Å². The van der Waals surface area contributed by atoms with Crippen molar-refractivity contribution in [1.82, 2.24) is 10.2 Å². The van der Waals surface area contributed by atoms with E-state index in [1.54, 1.807) is 6.92 Å². The van der Waals surface area contributed by atoms with Crippen LogP contribution in [-0.2, 0) is 9.59 Å². The third-order valence-corrected chi connectivity index (χ3v) is 1.64. The lowest BCUT2D eigenvalue weighted by Gasteiger charge is -2.18. The molecule has 0 aromatic heterocycles. The average Bonchev–Trinajstić information content (AvgIpc) is 2.21. The van der Waals surface area contributed by atoms with Crippen molar-refractivity contribution in [3.8, 4) is 0 Å². The fourth-order valence-corrected chi connectivity index (χ4v) is 0.908. The van der Waals surface area contributed by atoms with Crippen LogP contribution in [0.25, 0.3) is 0 Å². The summed E-state index contributed by atoms with van der Waals surface area (Å²) in [5.41, 5.74) is 0. The molecule has 0 aliphatic rings. The van der Waals surface area contributed by atoms with Crippen LogP contribution >= 0.6 is 0 Å². The number of hydrogen-bond donors (Lipinski definition) is 2. The van der Waals surface area contributed by atoms with E-state index in [2.05, 4.69) is 11.9 Å². The number of carbonyl (C=O) groups is 2. The molecule has 0 aromatic rings. The molecule has 0 saturated heterocycles. The van der Waals surface area contributed by atoms with Crippen LogP contribution in [0.15, 0.2) is 12.7 Å². The zero-order valence-corrected chi connectivity index (χ0v) is 8.32. The molecular formula is C9H16N2O3. The minimum absolute atomic E-state index is 0.145. The Kier molecular flexibility index (Phi) is 6.39. The lowest BCUT2D eigenvalue weighted by molar-refractivity contribution is -0.145. The summed E-state index contributed by atoms with van der Waals surface area (Å²) < 4.78 is 0. The van der Waals surface area contributed by atoms with Gasteiger partial charge in [-0.15, -0.1) is 6.58 Å². The molecule has 14 heavy (non-hydrogen) atoms. The first kappa shape index (κ1) is 12.6. The van der Waals surface area contributed by atoms with E-state index in [-0.39, 0.29) is 19.7 Å². The van der Waals surface area contributed by atoms with Crippen molar-refractivity contribution in [2.24, 2.45) is 0 Å². The highest BCUT2D eigenvalue weighted by Crippen LogP contribution is 1.88. The topological polar surface area (TPSA) is 69.6 Å². The number of aliphatic hydroxyl groups excluding tert-OH is 1. The Bertz CT molecular complexity index is 216. The largest absolute Gasteiger partial charge is 0.395 e. The molecule has 0 bridgehead atoms. The predicted molar refractivity (Wildman–Crippen MR) is 52.5 cm³/mol. The van der Waals surface area contributed by atoms with Gasteiger partial charge in [-0.1, -0.05) is 6.08 Å². The molecule has 0 radical (unpaired) electrons. The van der Waals surface area contributed by atoms with Gasteiger partial charge in [0.2, 0.25) is 0 Å². The van der Waals surface area contributed by atoms with Crippen LogP contribution in [0.4, 0.5) is 0 Å². The molecule has 0 aromatic carbocycles. The monoisotopic (exact) mass is 200 g/mol. The standard InChI is InChI=1S/C9H16N2O3/c1-3-5-10-8(13)9(14)11(4-2)6-7-12/h3,12H,1,4-7H2,2H3,(H,10,13). The fourth-order valence-electron chi connectivity index (χ4n) is 0.908. The maximum Gasteiger partial charge on any atom is 0.311 e. The number of aliphatic hydroxyl groups is 1. The predicted octanol–water partition coefficient (Wildman–Crippen LogP) is -0.871. The normalized spacial score (nSPS) is 9.29. The van der Waals surface area contributed by atoms with Crippen molar-refractivity contribution < 1.29 is 14.7 Å². The third-order valence-electron chi connectivity index (χ3n) is 1.64. The molecule has 0 rings (SSSR count). The molecule has 0 aliphatic heterocycles. The van der Waals surface area contributed by atoms with Crippen molar-refractivity contribution in [2.75, 3.05) is 26.2 Å². The second kappa shape index (κ2) is 7.08. The minimum atomic E-state index is -0.666. The second-order valence-corrected chi connectivity index (χ2v) is 2.61. The maximum atomic E-state index is 11.3. The second-order valence-electron chi connectivity index (χ2n) is 2.61. The van der Waals surface area contributed by atoms with Crippen LogP contribution in [0.3, 0.4) is 0 Å². The van der Waals surface area contributed by atoms with Gasteiger partial charge < -0.3 is 15.3 Å². The molecule has 0 fully saturated rings. The minimum Gasteiger partial charge on any atom is -0.395 e. The zero-order valence-electron chi connectivity index (χ0n) is 8.32. The number of hydrogen-bond acceptors (Lipinski definition) is 3. The van der Waals surface area contributed by atoms with Gasteiger partial charge in [-0.3, -0.25) is 9.59 Å². The Morgan fingerprint density at radius 1 is 1.57 bits per heavy atom. The van der Waals surface area contributed by atoms with Crippen LogP contribution in [0.2, 0.25) is 0 Å². The Labute approximate surface area is 83.4 Å². The zero-order chi connectivity index (χ0) is 11.0. The molecular weight excluding hydrogens is 184 g/mol. The van der Waals surface area contributed by atoms with Gasteiger partial charge in [-0.05, 0) is 6.92 Å². The van der Waals surface area contributed by atoms with E-state index in [1.807, 2.05) is 0 Å². The highest BCUT2D eigenvalue weighted by molar-refractivity contribution is 6.35. The van der Waals surface area contributed by atoms with Crippen LogP contribution in [0.5, 0.6) is 0 Å². The molecule has 5 heteroatoms. The highest BCUT2D eigenvalue weighted by Gasteiger charge is 2.18. The lowest BCUT2D eigenvalue weighted by atomic mass is 10.4. The summed E-state index contributed by atoms with van der Waals surface area (Å²) in [5, 5.41) is 11.0. The summed E-state index contributed by atoms with van der Waals surface area (Å²) >= 11 is 0. The van der Waals surface area contributed by atoms with Crippen LogP contribution in [0, 0.1) is 0 Å². The summed E-state index contributed by atoms with van der Waals surface area (Å²) in [4.78, 5) is 23.8. The number of rotatable bonds is 5. The Morgan fingerprint density at radius 3 is 2.64 bits per heavy atom. The quantitative estimate of drug-likeness (QED) is 0.447. The number of amides is 2.